The van der Waals surface area contributed by atoms with Crippen LogP contribution >= 0.6 is 0 Å². The van der Waals surface area contributed by atoms with Crippen LogP contribution in [0.4, 0.5) is 0 Å². The molecule has 1 unspecified atom stereocenters. The fourth-order valence-electron chi connectivity index (χ4n) is 2.23. The first kappa shape index (κ1) is 14.1. The first-order valence-electron chi connectivity index (χ1n) is 7.08. The van der Waals surface area contributed by atoms with Crippen LogP contribution in [0.5, 0.6) is 0 Å². The van der Waals surface area contributed by atoms with Gasteiger partial charge in [-0.15, -0.1) is 0 Å². The summed E-state index contributed by atoms with van der Waals surface area (Å²) in [4.78, 5) is 16.1. The Hall–Kier alpha value is -2.82. The molecule has 5 heteroatoms. The van der Waals surface area contributed by atoms with Crippen LogP contribution in [-0.4, -0.2) is 15.5 Å². The number of aryl methyl sites for hydroxylation is 1. The van der Waals surface area contributed by atoms with Crippen molar-refractivity contribution in [2.45, 2.75) is 19.1 Å². The number of rotatable bonds is 6. The minimum absolute atomic E-state index is 0.212. The highest BCUT2D eigenvalue weighted by Crippen LogP contribution is 2.23. The number of carbonyl (C=O) groups excluding carboxylic acids is 1. The van der Waals surface area contributed by atoms with Gasteiger partial charge in [-0.2, -0.15) is 0 Å². The van der Waals surface area contributed by atoms with Crippen LogP contribution in [0.25, 0.3) is 0 Å². The van der Waals surface area contributed by atoms with Gasteiger partial charge in [-0.1, -0.05) is 30.3 Å². The highest BCUT2D eigenvalue weighted by molar-refractivity contribution is 5.86. The minimum Gasteiger partial charge on any atom is -0.457 e. The quantitative estimate of drug-likeness (QED) is 0.654. The molecule has 1 aromatic carbocycles. The smallest absolute Gasteiger partial charge is 0.374 e. The Morgan fingerprint density at radius 3 is 2.77 bits per heavy atom. The minimum atomic E-state index is -0.454. The van der Waals surface area contributed by atoms with E-state index in [9.17, 15) is 4.79 Å². The Bertz CT molecular complexity index is 691. The van der Waals surface area contributed by atoms with Crippen LogP contribution in [0.15, 0.2) is 71.9 Å². The Balaban J connectivity index is 1.72. The summed E-state index contributed by atoms with van der Waals surface area (Å²) in [6, 6.07) is 13.0. The zero-order chi connectivity index (χ0) is 15.2. The molecule has 3 aromatic rings. The monoisotopic (exact) mass is 296 g/mol. The van der Waals surface area contributed by atoms with E-state index in [4.69, 9.17) is 9.15 Å². The summed E-state index contributed by atoms with van der Waals surface area (Å²) >= 11 is 0. The maximum atomic E-state index is 12.1. The van der Waals surface area contributed by atoms with Crippen molar-refractivity contribution in [1.29, 1.82) is 0 Å². The lowest BCUT2D eigenvalue weighted by molar-refractivity contribution is 0.0231. The number of aromatic nitrogens is 2. The molecule has 112 valence electrons. The molecule has 0 spiro atoms. The van der Waals surface area contributed by atoms with Crippen LogP contribution in [0.3, 0.4) is 0 Å². The number of furan rings is 1. The lowest BCUT2D eigenvalue weighted by Gasteiger charge is -2.18. The molecule has 0 aliphatic heterocycles. The van der Waals surface area contributed by atoms with E-state index in [1.54, 1.807) is 24.7 Å². The Kier molecular flexibility index (Phi) is 4.34. The summed E-state index contributed by atoms with van der Waals surface area (Å²) in [5.41, 5.74) is 0.961. The molecule has 2 aromatic heterocycles. The van der Waals surface area contributed by atoms with E-state index >= 15 is 0 Å². The second-order valence-corrected chi connectivity index (χ2v) is 4.87. The Morgan fingerprint density at radius 1 is 1.23 bits per heavy atom. The molecule has 0 aliphatic carbocycles. The zero-order valence-corrected chi connectivity index (χ0v) is 12.0. The van der Waals surface area contributed by atoms with Gasteiger partial charge >= 0.3 is 5.97 Å². The van der Waals surface area contributed by atoms with Crippen LogP contribution in [0.1, 0.15) is 28.6 Å². The third-order valence-corrected chi connectivity index (χ3v) is 3.35. The van der Waals surface area contributed by atoms with Gasteiger partial charge in [-0.25, -0.2) is 9.78 Å². The summed E-state index contributed by atoms with van der Waals surface area (Å²) in [6.45, 7) is 0.713. The predicted octanol–water partition coefficient (Wildman–Crippen LogP) is 3.46. The SMILES string of the molecule is O=C(OC(CCn1ccnc1)c1ccccc1)c1ccco1. The first-order valence-corrected chi connectivity index (χ1v) is 7.08. The zero-order valence-electron chi connectivity index (χ0n) is 12.0. The molecule has 0 saturated heterocycles. The van der Waals surface area contributed by atoms with Crippen LogP contribution < -0.4 is 0 Å². The van der Waals surface area contributed by atoms with Crippen molar-refractivity contribution in [3.8, 4) is 0 Å². The summed E-state index contributed by atoms with van der Waals surface area (Å²) in [6.07, 6.45) is 7.15. The second-order valence-electron chi connectivity index (χ2n) is 4.87. The van der Waals surface area contributed by atoms with E-state index in [0.29, 0.717) is 13.0 Å². The van der Waals surface area contributed by atoms with Gasteiger partial charge in [0.05, 0.1) is 12.6 Å². The molecule has 2 heterocycles. The second kappa shape index (κ2) is 6.76. The third kappa shape index (κ3) is 3.44. The van der Waals surface area contributed by atoms with Crippen molar-refractivity contribution in [3.63, 3.8) is 0 Å². The molecule has 1 atom stereocenters. The van der Waals surface area contributed by atoms with E-state index in [-0.39, 0.29) is 11.9 Å². The number of hydrogen-bond acceptors (Lipinski definition) is 4. The standard InChI is InChI=1S/C17H16N2O3/c20-17(16-7-4-12-21-16)22-15(14-5-2-1-3-6-14)8-10-19-11-9-18-13-19/h1-7,9,11-13,15H,8,10H2. The number of carbonyl (C=O) groups is 1. The highest BCUT2D eigenvalue weighted by Gasteiger charge is 2.19. The number of benzene rings is 1. The van der Waals surface area contributed by atoms with Gasteiger partial charge in [0.25, 0.3) is 0 Å². The first-order chi connectivity index (χ1) is 10.8. The number of imidazole rings is 1. The van der Waals surface area contributed by atoms with Gasteiger partial charge in [0.1, 0.15) is 6.10 Å². The molecule has 0 bridgehead atoms. The van der Waals surface area contributed by atoms with Crippen LogP contribution in [-0.2, 0) is 11.3 Å². The van der Waals surface area contributed by atoms with Gasteiger partial charge in [0, 0.05) is 25.4 Å². The molecule has 0 radical (unpaired) electrons. The summed E-state index contributed by atoms with van der Waals surface area (Å²) in [5, 5.41) is 0. The lowest BCUT2D eigenvalue weighted by Crippen LogP contribution is -2.13. The number of hydrogen-bond donors (Lipinski definition) is 0. The molecule has 3 rings (SSSR count). The van der Waals surface area contributed by atoms with Crippen molar-refractivity contribution in [2.24, 2.45) is 0 Å². The van der Waals surface area contributed by atoms with E-state index < -0.39 is 5.97 Å². The van der Waals surface area contributed by atoms with E-state index in [1.165, 1.54) is 6.26 Å². The molecule has 0 N–H and O–H groups in total. The highest BCUT2D eigenvalue weighted by atomic mass is 16.6. The maximum Gasteiger partial charge on any atom is 0.374 e. The molecular weight excluding hydrogens is 280 g/mol. The van der Waals surface area contributed by atoms with Crippen molar-refractivity contribution >= 4 is 5.97 Å². The molecule has 0 saturated carbocycles. The van der Waals surface area contributed by atoms with Gasteiger partial charge in [-0.3, -0.25) is 0 Å². The topological polar surface area (TPSA) is 57.3 Å². The van der Waals surface area contributed by atoms with Crippen molar-refractivity contribution in [1.82, 2.24) is 9.55 Å². The molecule has 22 heavy (non-hydrogen) atoms. The van der Waals surface area contributed by atoms with E-state index in [0.717, 1.165) is 5.56 Å². The van der Waals surface area contributed by atoms with Gasteiger partial charge < -0.3 is 13.7 Å². The van der Waals surface area contributed by atoms with E-state index in [1.807, 2.05) is 41.1 Å². The molecule has 0 fully saturated rings. The van der Waals surface area contributed by atoms with Gasteiger partial charge in [0.2, 0.25) is 5.76 Å². The van der Waals surface area contributed by atoms with Crippen molar-refractivity contribution in [3.05, 3.63) is 78.8 Å². The fourth-order valence-corrected chi connectivity index (χ4v) is 2.23. The third-order valence-electron chi connectivity index (χ3n) is 3.35. The lowest BCUT2D eigenvalue weighted by atomic mass is 10.1. The fraction of sp³-hybridized carbons (Fsp3) is 0.176. The Morgan fingerprint density at radius 2 is 2.09 bits per heavy atom. The van der Waals surface area contributed by atoms with Crippen molar-refractivity contribution in [2.75, 3.05) is 0 Å². The van der Waals surface area contributed by atoms with E-state index in [2.05, 4.69) is 4.98 Å². The molecular formula is C17H16N2O3. The summed E-state index contributed by atoms with van der Waals surface area (Å²) < 4.78 is 12.7. The number of esters is 1. The largest absolute Gasteiger partial charge is 0.457 e. The molecule has 0 amide bonds. The van der Waals surface area contributed by atoms with Crippen molar-refractivity contribution < 1.29 is 13.9 Å². The number of nitrogens with zero attached hydrogens (tertiary/aromatic N) is 2. The molecule has 5 nitrogen and oxygen atoms in total. The summed E-state index contributed by atoms with van der Waals surface area (Å²) in [5.74, 6) is -0.243. The molecule has 0 aliphatic rings. The van der Waals surface area contributed by atoms with Gasteiger partial charge in [-0.05, 0) is 17.7 Å². The van der Waals surface area contributed by atoms with Gasteiger partial charge in [0.15, 0.2) is 0 Å². The van der Waals surface area contributed by atoms with Crippen LogP contribution in [0, 0.1) is 0 Å². The summed E-state index contributed by atoms with van der Waals surface area (Å²) in [7, 11) is 0. The maximum absolute atomic E-state index is 12.1. The van der Waals surface area contributed by atoms with Crippen LogP contribution in [0.2, 0.25) is 0 Å². The average Bonchev–Trinajstić information content (AvgIpc) is 3.25. The Labute approximate surface area is 128 Å². The normalized spacial score (nSPS) is 12.0. The number of ether oxygens (including phenoxy) is 1. The average molecular weight is 296 g/mol. The predicted molar refractivity (Wildman–Crippen MR) is 80.2 cm³/mol.